The van der Waals surface area contributed by atoms with Crippen LogP contribution in [0.4, 0.5) is 0 Å². The van der Waals surface area contributed by atoms with Gasteiger partial charge in [0.25, 0.3) is 5.91 Å². The van der Waals surface area contributed by atoms with Gasteiger partial charge in [0.15, 0.2) is 0 Å². The summed E-state index contributed by atoms with van der Waals surface area (Å²) in [4.78, 5) is 14.5. The number of hydrogen-bond acceptors (Lipinski definition) is 3. The SMILES string of the molecule is C[C@@H](OCc1ccccc1)C(=O)N1CCC[C@@H](n2cccn2)C1. The number of nitrogens with zero attached hydrogens (tertiary/aromatic N) is 3. The topological polar surface area (TPSA) is 47.4 Å². The first-order chi connectivity index (χ1) is 11.2. The van der Waals surface area contributed by atoms with E-state index in [1.165, 1.54) is 0 Å². The highest BCUT2D eigenvalue weighted by atomic mass is 16.5. The second kappa shape index (κ2) is 7.42. The molecule has 5 heteroatoms. The van der Waals surface area contributed by atoms with E-state index in [1.807, 2.05) is 59.1 Å². The van der Waals surface area contributed by atoms with Gasteiger partial charge in [-0.05, 0) is 31.4 Å². The summed E-state index contributed by atoms with van der Waals surface area (Å²) in [5.74, 6) is 0.0674. The Balaban J connectivity index is 1.54. The largest absolute Gasteiger partial charge is 0.364 e. The van der Waals surface area contributed by atoms with Crippen LogP contribution in [0.1, 0.15) is 31.4 Å². The van der Waals surface area contributed by atoms with Gasteiger partial charge in [0, 0.05) is 25.5 Å². The number of ether oxygens (including phenoxy) is 1. The molecule has 0 aliphatic carbocycles. The van der Waals surface area contributed by atoms with Gasteiger partial charge in [-0.1, -0.05) is 30.3 Å². The molecule has 0 saturated carbocycles. The van der Waals surface area contributed by atoms with Gasteiger partial charge in [0.05, 0.1) is 12.6 Å². The van der Waals surface area contributed by atoms with Gasteiger partial charge >= 0.3 is 0 Å². The molecule has 0 unspecified atom stereocenters. The molecule has 1 amide bonds. The van der Waals surface area contributed by atoms with E-state index in [1.54, 1.807) is 6.20 Å². The highest BCUT2D eigenvalue weighted by Gasteiger charge is 2.28. The highest BCUT2D eigenvalue weighted by molar-refractivity contribution is 5.80. The van der Waals surface area contributed by atoms with Gasteiger partial charge in [0.1, 0.15) is 6.10 Å². The van der Waals surface area contributed by atoms with Crippen LogP contribution in [0.5, 0.6) is 0 Å². The van der Waals surface area contributed by atoms with Crippen molar-refractivity contribution in [3.05, 3.63) is 54.4 Å². The van der Waals surface area contributed by atoms with E-state index in [4.69, 9.17) is 4.74 Å². The third-order valence-electron chi connectivity index (χ3n) is 4.30. The predicted octanol–water partition coefficient (Wildman–Crippen LogP) is 2.65. The lowest BCUT2D eigenvalue weighted by atomic mass is 10.1. The Morgan fingerprint density at radius 1 is 1.35 bits per heavy atom. The van der Waals surface area contributed by atoms with Crippen LogP contribution in [0.3, 0.4) is 0 Å². The molecule has 5 nitrogen and oxygen atoms in total. The number of benzene rings is 1. The number of aromatic nitrogens is 2. The average molecular weight is 313 g/mol. The van der Waals surface area contributed by atoms with Crippen LogP contribution in [-0.4, -0.2) is 39.8 Å². The number of likely N-dealkylation sites (tertiary alicyclic amines) is 1. The maximum Gasteiger partial charge on any atom is 0.251 e. The second-order valence-corrected chi connectivity index (χ2v) is 6.01. The van der Waals surface area contributed by atoms with Crippen LogP contribution in [-0.2, 0) is 16.1 Å². The number of piperidine rings is 1. The quantitative estimate of drug-likeness (QED) is 0.852. The fourth-order valence-corrected chi connectivity index (χ4v) is 2.99. The molecular weight excluding hydrogens is 290 g/mol. The molecule has 1 aromatic carbocycles. The summed E-state index contributed by atoms with van der Waals surface area (Å²) in [5, 5.41) is 4.30. The van der Waals surface area contributed by atoms with Crippen LogP contribution in [0, 0.1) is 0 Å². The van der Waals surface area contributed by atoms with Crippen molar-refractivity contribution in [3.63, 3.8) is 0 Å². The Morgan fingerprint density at radius 2 is 2.17 bits per heavy atom. The molecule has 23 heavy (non-hydrogen) atoms. The summed E-state index contributed by atoms with van der Waals surface area (Å²) in [7, 11) is 0. The lowest BCUT2D eigenvalue weighted by Gasteiger charge is -2.34. The first kappa shape index (κ1) is 15.7. The molecule has 0 N–H and O–H groups in total. The Hall–Kier alpha value is -2.14. The van der Waals surface area contributed by atoms with Gasteiger partial charge in [-0.3, -0.25) is 9.48 Å². The molecule has 122 valence electrons. The van der Waals surface area contributed by atoms with Gasteiger partial charge in [-0.25, -0.2) is 0 Å². The Morgan fingerprint density at radius 3 is 2.91 bits per heavy atom. The van der Waals surface area contributed by atoms with E-state index in [9.17, 15) is 4.79 Å². The number of carbonyl (C=O) groups is 1. The smallest absolute Gasteiger partial charge is 0.251 e. The zero-order valence-corrected chi connectivity index (χ0v) is 13.5. The van der Waals surface area contributed by atoms with Crippen molar-refractivity contribution >= 4 is 5.91 Å². The molecule has 1 fully saturated rings. The molecule has 1 aliphatic rings. The molecule has 2 aromatic rings. The van der Waals surface area contributed by atoms with E-state index in [2.05, 4.69) is 5.10 Å². The van der Waals surface area contributed by atoms with Crippen molar-refractivity contribution in [1.29, 1.82) is 0 Å². The molecule has 0 bridgehead atoms. The minimum atomic E-state index is -0.424. The average Bonchev–Trinajstić information content (AvgIpc) is 3.15. The number of rotatable bonds is 5. The third-order valence-corrected chi connectivity index (χ3v) is 4.30. The van der Waals surface area contributed by atoms with Crippen molar-refractivity contribution in [2.75, 3.05) is 13.1 Å². The number of hydrogen-bond donors (Lipinski definition) is 0. The van der Waals surface area contributed by atoms with Crippen molar-refractivity contribution in [1.82, 2.24) is 14.7 Å². The third kappa shape index (κ3) is 3.99. The van der Waals surface area contributed by atoms with Crippen LogP contribution in [0.2, 0.25) is 0 Å². The van der Waals surface area contributed by atoms with E-state index in [0.29, 0.717) is 13.2 Å². The van der Waals surface area contributed by atoms with E-state index < -0.39 is 6.10 Å². The molecule has 3 rings (SSSR count). The fraction of sp³-hybridized carbons (Fsp3) is 0.444. The van der Waals surface area contributed by atoms with Gasteiger partial charge in [0.2, 0.25) is 0 Å². The summed E-state index contributed by atoms with van der Waals surface area (Å²) >= 11 is 0. The van der Waals surface area contributed by atoms with E-state index >= 15 is 0 Å². The Labute approximate surface area is 136 Å². The lowest BCUT2D eigenvalue weighted by molar-refractivity contribution is -0.145. The summed E-state index contributed by atoms with van der Waals surface area (Å²) in [5.41, 5.74) is 1.08. The molecule has 0 spiro atoms. The summed E-state index contributed by atoms with van der Waals surface area (Å²) < 4.78 is 7.71. The van der Waals surface area contributed by atoms with Crippen LogP contribution < -0.4 is 0 Å². The minimum absolute atomic E-state index is 0.0674. The van der Waals surface area contributed by atoms with Crippen LogP contribution in [0.15, 0.2) is 48.8 Å². The lowest BCUT2D eigenvalue weighted by Crippen LogP contribution is -2.45. The summed E-state index contributed by atoms with van der Waals surface area (Å²) in [6.07, 6.45) is 5.39. The maximum absolute atomic E-state index is 12.6. The van der Waals surface area contributed by atoms with Gasteiger partial charge in [-0.15, -0.1) is 0 Å². The van der Waals surface area contributed by atoms with Crippen molar-refractivity contribution in [2.45, 2.75) is 38.5 Å². The molecule has 1 aliphatic heterocycles. The zero-order valence-electron chi connectivity index (χ0n) is 13.5. The number of amides is 1. The molecule has 0 radical (unpaired) electrons. The molecule has 1 aromatic heterocycles. The second-order valence-electron chi connectivity index (χ2n) is 6.01. The Bertz CT molecular complexity index is 612. The number of carbonyl (C=O) groups excluding carboxylic acids is 1. The zero-order chi connectivity index (χ0) is 16.1. The van der Waals surface area contributed by atoms with Crippen LogP contribution in [0.25, 0.3) is 0 Å². The highest BCUT2D eigenvalue weighted by Crippen LogP contribution is 2.21. The summed E-state index contributed by atoms with van der Waals surface area (Å²) in [6.45, 7) is 3.81. The van der Waals surface area contributed by atoms with Crippen molar-refractivity contribution in [2.24, 2.45) is 0 Å². The van der Waals surface area contributed by atoms with E-state index in [0.717, 1.165) is 24.9 Å². The molecule has 2 atom stereocenters. The minimum Gasteiger partial charge on any atom is -0.364 e. The van der Waals surface area contributed by atoms with Gasteiger partial charge < -0.3 is 9.64 Å². The van der Waals surface area contributed by atoms with Crippen LogP contribution >= 0.6 is 0 Å². The normalized spacial score (nSPS) is 19.5. The molecule has 1 saturated heterocycles. The monoisotopic (exact) mass is 313 g/mol. The first-order valence-corrected chi connectivity index (χ1v) is 8.17. The fourth-order valence-electron chi connectivity index (χ4n) is 2.99. The van der Waals surface area contributed by atoms with E-state index in [-0.39, 0.29) is 11.9 Å². The predicted molar refractivity (Wildman–Crippen MR) is 87.8 cm³/mol. The summed E-state index contributed by atoms with van der Waals surface area (Å²) in [6, 6.07) is 12.1. The standard InChI is InChI=1S/C18H23N3O2/c1-15(23-14-16-7-3-2-4-8-16)18(22)20-11-5-9-17(13-20)21-12-6-10-19-21/h2-4,6-8,10,12,15,17H,5,9,11,13-14H2,1H3/t15-,17-/m1/s1. The van der Waals surface area contributed by atoms with Crippen molar-refractivity contribution in [3.8, 4) is 0 Å². The molecular formula is C18H23N3O2. The Kier molecular flexibility index (Phi) is 5.08. The first-order valence-electron chi connectivity index (χ1n) is 8.17. The van der Waals surface area contributed by atoms with Gasteiger partial charge in [-0.2, -0.15) is 5.10 Å². The molecule has 2 heterocycles. The maximum atomic E-state index is 12.6. The van der Waals surface area contributed by atoms with Crippen molar-refractivity contribution < 1.29 is 9.53 Å².